The summed E-state index contributed by atoms with van der Waals surface area (Å²) in [6.07, 6.45) is 0. The minimum atomic E-state index is -0.145. The standard InChI is InChI=1S/C20H25NO2S/c1-14-9-11-18(12-10-14)24-17(4)20(22)21-16(3)13-23-19-8-6-5-7-15(19)2/h5-12,16-17H,13H2,1-4H3,(H,21,22)/t16-,17+/m0/s1. The van der Waals surface area contributed by atoms with Crippen LogP contribution in [-0.2, 0) is 4.79 Å². The second kappa shape index (κ2) is 8.78. The van der Waals surface area contributed by atoms with E-state index < -0.39 is 0 Å². The maximum atomic E-state index is 12.3. The van der Waals surface area contributed by atoms with Crippen molar-refractivity contribution in [2.45, 2.75) is 43.9 Å². The predicted octanol–water partition coefficient (Wildman–Crippen LogP) is 4.37. The van der Waals surface area contributed by atoms with Crippen molar-refractivity contribution in [3.05, 3.63) is 59.7 Å². The van der Waals surface area contributed by atoms with E-state index in [0.29, 0.717) is 6.61 Å². The highest BCUT2D eigenvalue weighted by molar-refractivity contribution is 8.00. The zero-order valence-corrected chi connectivity index (χ0v) is 15.5. The fourth-order valence-corrected chi connectivity index (χ4v) is 3.09. The van der Waals surface area contributed by atoms with Gasteiger partial charge >= 0.3 is 0 Å². The fraction of sp³-hybridized carbons (Fsp3) is 0.350. The van der Waals surface area contributed by atoms with E-state index in [1.165, 1.54) is 5.56 Å². The molecule has 24 heavy (non-hydrogen) atoms. The lowest BCUT2D eigenvalue weighted by molar-refractivity contribution is -0.121. The molecule has 0 bridgehead atoms. The first-order valence-corrected chi connectivity index (χ1v) is 9.06. The number of para-hydroxylation sites is 1. The number of hydrogen-bond donors (Lipinski definition) is 1. The molecule has 1 N–H and O–H groups in total. The zero-order chi connectivity index (χ0) is 17.5. The number of nitrogens with one attached hydrogen (secondary N) is 1. The number of amides is 1. The molecule has 0 radical (unpaired) electrons. The summed E-state index contributed by atoms with van der Waals surface area (Å²) < 4.78 is 5.79. The number of aryl methyl sites for hydroxylation is 2. The highest BCUT2D eigenvalue weighted by Crippen LogP contribution is 2.23. The molecule has 3 nitrogen and oxygen atoms in total. The minimum absolute atomic E-state index is 0.0291. The van der Waals surface area contributed by atoms with Crippen LogP contribution in [0.25, 0.3) is 0 Å². The molecule has 0 aliphatic rings. The molecule has 0 aliphatic carbocycles. The van der Waals surface area contributed by atoms with E-state index in [-0.39, 0.29) is 17.2 Å². The van der Waals surface area contributed by atoms with Gasteiger partial charge in [-0.15, -0.1) is 11.8 Å². The number of carbonyl (C=O) groups excluding carboxylic acids is 1. The van der Waals surface area contributed by atoms with Crippen molar-refractivity contribution in [3.8, 4) is 5.75 Å². The van der Waals surface area contributed by atoms with E-state index in [1.807, 2.05) is 45.0 Å². The van der Waals surface area contributed by atoms with Crippen molar-refractivity contribution in [2.75, 3.05) is 6.61 Å². The first-order valence-electron chi connectivity index (χ1n) is 8.18. The van der Waals surface area contributed by atoms with Crippen LogP contribution in [0, 0.1) is 13.8 Å². The van der Waals surface area contributed by atoms with E-state index in [4.69, 9.17) is 4.74 Å². The lowest BCUT2D eigenvalue weighted by Gasteiger charge is -2.18. The fourth-order valence-electron chi connectivity index (χ4n) is 2.21. The Hall–Kier alpha value is -1.94. The first kappa shape index (κ1) is 18.4. The van der Waals surface area contributed by atoms with Crippen molar-refractivity contribution in [3.63, 3.8) is 0 Å². The third-order valence-corrected chi connectivity index (χ3v) is 4.79. The molecule has 0 fully saturated rings. The van der Waals surface area contributed by atoms with Gasteiger partial charge in [-0.25, -0.2) is 0 Å². The summed E-state index contributed by atoms with van der Waals surface area (Å²) in [6.45, 7) is 8.41. The molecular weight excluding hydrogens is 318 g/mol. The third-order valence-electron chi connectivity index (χ3n) is 3.67. The van der Waals surface area contributed by atoms with Gasteiger partial charge < -0.3 is 10.1 Å². The molecule has 0 unspecified atom stereocenters. The lowest BCUT2D eigenvalue weighted by Crippen LogP contribution is -2.40. The highest BCUT2D eigenvalue weighted by atomic mass is 32.2. The van der Waals surface area contributed by atoms with Crippen molar-refractivity contribution in [1.29, 1.82) is 0 Å². The van der Waals surface area contributed by atoms with Crippen LogP contribution in [0.4, 0.5) is 0 Å². The molecule has 0 heterocycles. The van der Waals surface area contributed by atoms with E-state index in [9.17, 15) is 4.79 Å². The molecule has 0 aliphatic heterocycles. The largest absolute Gasteiger partial charge is 0.491 e. The molecule has 2 aromatic carbocycles. The summed E-state index contributed by atoms with van der Waals surface area (Å²) in [4.78, 5) is 13.4. The van der Waals surface area contributed by atoms with Crippen LogP contribution >= 0.6 is 11.8 Å². The van der Waals surface area contributed by atoms with Gasteiger partial charge in [-0.1, -0.05) is 35.9 Å². The van der Waals surface area contributed by atoms with E-state index in [2.05, 4.69) is 36.5 Å². The van der Waals surface area contributed by atoms with Crippen molar-refractivity contribution in [2.24, 2.45) is 0 Å². The quantitative estimate of drug-likeness (QED) is 0.759. The van der Waals surface area contributed by atoms with Crippen LogP contribution in [0.3, 0.4) is 0 Å². The van der Waals surface area contributed by atoms with Crippen LogP contribution in [0.15, 0.2) is 53.4 Å². The zero-order valence-electron chi connectivity index (χ0n) is 14.7. The van der Waals surface area contributed by atoms with Crippen LogP contribution in [-0.4, -0.2) is 23.8 Å². The Morgan fingerprint density at radius 2 is 1.75 bits per heavy atom. The summed E-state index contributed by atoms with van der Waals surface area (Å²) >= 11 is 1.57. The monoisotopic (exact) mass is 343 g/mol. The topological polar surface area (TPSA) is 38.3 Å². The minimum Gasteiger partial charge on any atom is -0.491 e. The molecule has 0 saturated heterocycles. The highest BCUT2D eigenvalue weighted by Gasteiger charge is 2.17. The Labute approximate surface area is 148 Å². The normalized spacial score (nSPS) is 13.2. The van der Waals surface area contributed by atoms with Crippen LogP contribution < -0.4 is 10.1 Å². The van der Waals surface area contributed by atoms with Gasteiger partial charge in [0, 0.05) is 4.90 Å². The van der Waals surface area contributed by atoms with Gasteiger partial charge in [0.25, 0.3) is 0 Å². The summed E-state index contributed by atoms with van der Waals surface area (Å²) in [5.41, 5.74) is 2.32. The number of rotatable bonds is 7. The summed E-state index contributed by atoms with van der Waals surface area (Å²) in [6, 6.07) is 16.1. The second-order valence-electron chi connectivity index (χ2n) is 6.06. The molecule has 0 aromatic heterocycles. The summed E-state index contributed by atoms with van der Waals surface area (Å²) in [5, 5.41) is 2.87. The van der Waals surface area contributed by atoms with E-state index in [0.717, 1.165) is 16.2 Å². The van der Waals surface area contributed by atoms with Gasteiger partial charge in [0.15, 0.2) is 0 Å². The van der Waals surface area contributed by atoms with Crippen LogP contribution in [0.1, 0.15) is 25.0 Å². The summed E-state index contributed by atoms with van der Waals surface area (Å²) in [7, 11) is 0. The smallest absolute Gasteiger partial charge is 0.233 e. The molecule has 4 heteroatoms. The predicted molar refractivity (Wildman–Crippen MR) is 101 cm³/mol. The molecule has 128 valence electrons. The maximum Gasteiger partial charge on any atom is 0.233 e. The van der Waals surface area contributed by atoms with Crippen molar-refractivity contribution in [1.82, 2.24) is 5.32 Å². The van der Waals surface area contributed by atoms with Crippen LogP contribution in [0.2, 0.25) is 0 Å². The Kier molecular flexibility index (Phi) is 6.73. The van der Waals surface area contributed by atoms with Gasteiger partial charge in [-0.2, -0.15) is 0 Å². The lowest BCUT2D eigenvalue weighted by atomic mass is 10.2. The van der Waals surface area contributed by atoms with Gasteiger partial charge in [0.05, 0.1) is 11.3 Å². The van der Waals surface area contributed by atoms with E-state index in [1.54, 1.807) is 11.8 Å². The average Bonchev–Trinajstić information content (AvgIpc) is 2.56. The number of ether oxygens (including phenoxy) is 1. The maximum absolute atomic E-state index is 12.3. The Morgan fingerprint density at radius 1 is 1.08 bits per heavy atom. The molecule has 2 aromatic rings. The van der Waals surface area contributed by atoms with Gasteiger partial charge in [0.2, 0.25) is 5.91 Å². The number of thioether (sulfide) groups is 1. The molecule has 0 spiro atoms. The van der Waals surface area contributed by atoms with E-state index >= 15 is 0 Å². The molecule has 0 saturated carbocycles. The number of hydrogen-bond acceptors (Lipinski definition) is 3. The van der Waals surface area contributed by atoms with Crippen molar-refractivity contribution < 1.29 is 9.53 Å². The van der Waals surface area contributed by atoms with Crippen molar-refractivity contribution >= 4 is 17.7 Å². The molecule has 1 amide bonds. The third kappa shape index (κ3) is 5.60. The van der Waals surface area contributed by atoms with Gasteiger partial charge in [-0.3, -0.25) is 4.79 Å². The average molecular weight is 343 g/mol. The number of carbonyl (C=O) groups is 1. The molecule has 2 rings (SSSR count). The molecule has 2 atom stereocenters. The molecular formula is C20H25NO2S. The Bertz CT molecular complexity index is 670. The van der Waals surface area contributed by atoms with Crippen LogP contribution in [0.5, 0.6) is 5.75 Å². The Balaban J connectivity index is 1.80. The second-order valence-corrected chi connectivity index (χ2v) is 7.47. The Morgan fingerprint density at radius 3 is 2.42 bits per heavy atom. The SMILES string of the molecule is Cc1ccc(S[C@H](C)C(=O)N[C@@H](C)COc2ccccc2C)cc1. The first-order chi connectivity index (χ1) is 11.5. The number of benzene rings is 2. The van der Waals surface area contributed by atoms with Gasteiger partial charge in [0.1, 0.15) is 12.4 Å². The summed E-state index contributed by atoms with van der Waals surface area (Å²) in [5.74, 6) is 0.891. The van der Waals surface area contributed by atoms with Gasteiger partial charge in [-0.05, 0) is 51.5 Å².